The van der Waals surface area contributed by atoms with Gasteiger partial charge in [-0.2, -0.15) is 4.37 Å². The van der Waals surface area contributed by atoms with Gasteiger partial charge in [-0.05, 0) is 43.6 Å². The minimum atomic E-state index is -0.856. The summed E-state index contributed by atoms with van der Waals surface area (Å²) in [6, 6.07) is 0.141. The molecule has 1 aromatic heterocycles. The van der Waals surface area contributed by atoms with Crippen LogP contribution in [0.2, 0.25) is 0 Å². The first-order valence-corrected chi connectivity index (χ1v) is 8.81. The molecule has 1 aliphatic rings. The second kappa shape index (κ2) is 7.29. The molecule has 1 saturated carbocycles. The zero-order valence-corrected chi connectivity index (χ0v) is 14.9. The second-order valence-corrected chi connectivity index (χ2v) is 7.24. The topological polar surface area (TPSA) is 94.3 Å². The van der Waals surface area contributed by atoms with E-state index >= 15 is 0 Å². The van der Waals surface area contributed by atoms with Crippen molar-refractivity contribution in [3.05, 3.63) is 11.3 Å². The highest BCUT2D eigenvalue weighted by Gasteiger charge is 2.30. The van der Waals surface area contributed by atoms with Crippen molar-refractivity contribution >= 4 is 28.4 Å². The number of aryl methyl sites for hydroxylation is 1. The van der Waals surface area contributed by atoms with Gasteiger partial charge in [0.25, 0.3) is 5.91 Å². The largest absolute Gasteiger partial charge is 0.449 e. The maximum Gasteiger partial charge on any atom is 0.343 e. The minimum Gasteiger partial charge on any atom is -0.449 e. The minimum absolute atomic E-state index is 0.141. The number of carbonyl (C=O) groups is 2. The Hall–Kier alpha value is -1.63. The third kappa shape index (κ3) is 4.02. The SMILES string of the molecule is Cc1nsc(N)c1C(=O)O[C@H](C)C(=O)N[C@@H]1CCC[C@H](C)[C@H]1C. The standard InChI is InChI=1S/C16H25N3O3S/c1-8-6-5-7-12(9(8)2)18-15(20)11(4)22-16(21)13-10(3)19-23-14(13)17/h8-9,11-12H,5-7,17H2,1-4H3,(H,18,20)/t8-,9+,11+,12+/m0/s1. The van der Waals surface area contributed by atoms with Crippen LogP contribution in [0.15, 0.2) is 0 Å². The molecule has 7 heteroatoms. The Kier molecular flexibility index (Phi) is 5.62. The molecule has 0 bridgehead atoms. The second-order valence-electron chi connectivity index (χ2n) is 6.44. The van der Waals surface area contributed by atoms with E-state index in [1.165, 1.54) is 6.42 Å². The van der Waals surface area contributed by atoms with Crippen molar-refractivity contribution in [2.45, 2.75) is 59.1 Å². The zero-order chi connectivity index (χ0) is 17.1. The van der Waals surface area contributed by atoms with Gasteiger partial charge in [-0.25, -0.2) is 4.79 Å². The average Bonchev–Trinajstić information content (AvgIpc) is 2.82. The molecule has 1 amide bonds. The lowest BCUT2D eigenvalue weighted by atomic mass is 9.78. The normalized spacial score (nSPS) is 25.7. The number of rotatable bonds is 4. The van der Waals surface area contributed by atoms with Crippen molar-refractivity contribution in [1.29, 1.82) is 0 Å². The van der Waals surface area contributed by atoms with Gasteiger partial charge >= 0.3 is 5.97 Å². The van der Waals surface area contributed by atoms with Crippen LogP contribution in [-0.2, 0) is 9.53 Å². The molecule has 4 atom stereocenters. The number of nitrogen functional groups attached to an aromatic ring is 1. The number of nitrogens with one attached hydrogen (secondary N) is 1. The monoisotopic (exact) mass is 339 g/mol. The molecule has 0 unspecified atom stereocenters. The number of esters is 1. The summed E-state index contributed by atoms with van der Waals surface area (Å²) in [6.45, 7) is 7.64. The number of anilines is 1. The average molecular weight is 339 g/mol. The molecule has 1 aliphatic carbocycles. The molecule has 23 heavy (non-hydrogen) atoms. The number of nitrogens with zero attached hydrogens (tertiary/aromatic N) is 1. The molecule has 0 aliphatic heterocycles. The van der Waals surface area contributed by atoms with Crippen LogP contribution >= 0.6 is 11.5 Å². The van der Waals surface area contributed by atoms with Crippen molar-refractivity contribution in [3.8, 4) is 0 Å². The number of ether oxygens (including phenoxy) is 1. The quantitative estimate of drug-likeness (QED) is 0.822. The highest BCUT2D eigenvalue weighted by molar-refractivity contribution is 7.10. The van der Waals surface area contributed by atoms with Crippen molar-refractivity contribution in [2.75, 3.05) is 5.73 Å². The Bertz CT molecular complexity index is 568. The summed E-state index contributed by atoms with van der Waals surface area (Å²) in [4.78, 5) is 24.5. The maximum atomic E-state index is 12.3. The van der Waals surface area contributed by atoms with Crippen LogP contribution in [0.4, 0.5) is 5.00 Å². The van der Waals surface area contributed by atoms with Gasteiger partial charge in [-0.3, -0.25) is 4.79 Å². The number of amides is 1. The van der Waals surface area contributed by atoms with Crippen LogP contribution in [0, 0.1) is 18.8 Å². The maximum absolute atomic E-state index is 12.3. The summed E-state index contributed by atoms with van der Waals surface area (Å²) >= 11 is 1.05. The molecular formula is C16H25N3O3S. The molecule has 2 rings (SSSR count). The first-order chi connectivity index (χ1) is 10.8. The van der Waals surface area contributed by atoms with Crippen LogP contribution in [0.5, 0.6) is 0 Å². The number of carbonyl (C=O) groups excluding carboxylic acids is 2. The smallest absolute Gasteiger partial charge is 0.343 e. The fourth-order valence-electron chi connectivity index (χ4n) is 2.99. The Balaban J connectivity index is 1.94. The van der Waals surface area contributed by atoms with Gasteiger partial charge in [0.2, 0.25) is 0 Å². The molecule has 0 saturated heterocycles. The van der Waals surface area contributed by atoms with E-state index in [1.54, 1.807) is 13.8 Å². The fourth-order valence-corrected chi connectivity index (χ4v) is 3.64. The van der Waals surface area contributed by atoms with Gasteiger partial charge in [-0.1, -0.05) is 26.7 Å². The van der Waals surface area contributed by atoms with Crippen LogP contribution in [0.3, 0.4) is 0 Å². The Morgan fingerprint density at radius 2 is 2.09 bits per heavy atom. The van der Waals surface area contributed by atoms with E-state index in [2.05, 4.69) is 23.5 Å². The molecule has 1 aromatic rings. The van der Waals surface area contributed by atoms with E-state index in [0.717, 1.165) is 24.4 Å². The van der Waals surface area contributed by atoms with Gasteiger partial charge in [0.15, 0.2) is 6.10 Å². The number of nitrogens with two attached hydrogens (primary N) is 1. The van der Waals surface area contributed by atoms with Crippen molar-refractivity contribution < 1.29 is 14.3 Å². The molecule has 0 radical (unpaired) electrons. The van der Waals surface area contributed by atoms with E-state index in [1.807, 2.05) is 0 Å². The van der Waals surface area contributed by atoms with E-state index in [-0.39, 0.29) is 17.5 Å². The van der Waals surface area contributed by atoms with Gasteiger partial charge in [-0.15, -0.1) is 0 Å². The molecular weight excluding hydrogens is 314 g/mol. The molecule has 6 nitrogen and oxygen atoms in total. The van der Waals surface area contributed by atoms with Gasteiger partial charge in [0, 0.05) is 6.04 Å². The van der Waals surface area contributed by atoms with Crippen LogP contribution < -0.4 is 11.1 Å². The molecule has 1 heterocycles. The lowest BCUT2D eigenvalue weighted by molar-refractivity contribution is -0.130. The van der Waals surface area contributed by atoms with Gasteiger partial charge in [0.05, 0.1) is 5.69 Å². The lowest BCUT2D eigenvalue weighted by Crippen LogP contribution is -2.47. The fraction of sp³-hybridized carbons (Fsp3) is 0.688. The Morgan fingerprint density at radius 3 is 2.70 bits per heavy atom. The Labute approximate surface area is 140 Å². The van der Waals surface area contributed by atoms with Gasteiger partial charge < -0.3 is 15.8 Å². The van der Waals surface area contributed by atoms with Crippen LogP contribution in [0.1, 0.15) is 56.1 Å². The molecule has 128 valence electrons. The highest BCUT2D eigenvalue weighted by Crippen LogP contribution is 2.29. The van der Waals surface area contributed by atoms with Crippen LogP contribution in [-0.4, -0.2) is 28.4 Å². The molecule has 3 N–H and O–H groups in total. The number of hydrogen-bond donors (Lipinski definition) is 2. The van der Waals surface area contributed by atoms with E-state index in [0.29, 0.717) is 22.5 Å². The summed E-state index contributed by atoms with van der Waals surface area (Å²) in [5, 5.41) is 3.33. The van der Waals surface area contributed by atoms with Crippen molar-refractivity contribution in [1.82, 2.24) is 9.69 Å². The molecule has 0 aromatic carbocycles. The lowest BCUT2D eigenvalue weighted by Gasteiger charge is -2.35. The van der Waals surface area contributed by atoms with E-state index in [4.69, 9.17) is 10.5 Å². The highest BCUT2D eigenvalue weighted by atomic mass is 32.1. The number of aromatic nitrogens is 1. The van der Waals surface area contributed by atoms with E-state index < -0.39 is 12.1 Å². The summed E-state index contributed by atoms with van der Waals surface area (Å²) < 4.78 is 9.27. The predicted molar refractivity (Wildman–Crippen MR) is 90.3 cm³/mol. The van der Waals surface area contributed by atoms with Gasteiger partial charge in [0.1, 0.15) is 10.6 Å². The summed E-state index contributed by atoms with van der Waals surface area (Å²) in [5.41, 5.74) is 6.52. The zero-order valence-electron chi connectivity index (χ0n) is 14.1. The predicted octanol–water partition coefficient (Wildman–Crippen LogP) is 2.52. The van der Waals surface area contributed by atoms with Crippen molar-refractivity contribution in [2.24, 2.45) is 11.8 Å². The molecule has 1 fully saturated rings. The number of hydrogen-bond acceptors (Lipinski definition) is 6. The van der Waals surface area contributed by atoms with Crippen molar-refractivity contribution in [3.63, 3.8) is 0 Å². The third-order valence-corrected chi connectivity index (χ3v) is 5.55. The Morgan fingerprint density at radius 1 is 1.39 bits per heavy atom. The first kappa shape index (κ1) is 17.7. The van der Waals surface area contributed by atoms with Crippen LogP contribution in [0.25, 0.3) is 0 Å². The van der Waals surface area contributed by atoms with E-state index in [9.17, 15) is 9.59 Å². The first-order valence-electron chi connectivity index (χ1n) is 8.04. The third-order valence-electron chi connectivity index (χ3n) is 4.78. The summed E-state index contributed by atoms with van der Waals surface area (Å²) in [6.07, 6.45) is 2.42. The summed E-state index contributed by atoms with van der Waals surface area (Å²) in [5.74, 6) is 0.158. The molecule has 0 spiro atoms. The summed E-state index contributed by atoms with van der Waals surface area (Å²) in [7, 11) is 0.